The van der Waals surface area contributed by atoms with Crippen LogP contribution in [0.2, 0.25) is 0 Å². The van der Waals surface area contributed by atoms with Crippen molar-refractivity contribution in [1.29, 1.82) is 0 Å². The average Bonchev–Trinajstić information content (AvgIpc) is 3.15. The smallest absolute Gasteiger partial charge is 0.274 e. The molecule has 7 heteroatoms. The molecule has 0 saturated carbocycles. The van der Waals surface area contributed by atoms with Crippen LogP contribution in [0.3, 0.4) is 0 Å². The first kappa shape index (κ1) is 13.1. The first-order valence-corrected chi connectivity index (χ1v) is 7.38. The Morgan fingerprint density at radius 3 is 2.32 bits per heavy atom. The highest BCUT2D eigenvalue weighted by Gasteiger charge is 2.42. The van der Waals surface area contributed by atoms with Crippen LogP contribution in [0.25, 0.3) is 0 Å². The maximum Gasteiger partial charge on any atom is 0.274 e. The van der Waals surface area contributed by atoms with E-state index in [0.29, 0.717) is 17.5 Å². The molecule has 0 radical (unpaired) electrons. The Labute approximate surface area is 128 Å². The number of fused-ring (bicyclic) bond motifs is 1. The molecule has 0 bridgehead atoms. The quantitative estimate of drug-likeness (QED) is 0.802. The van der Waals surface area contributed by atoms with Crippen molar-refractivity contribution >= 4 is 11.9 Å². The number of nitrogens with zero attached hydrogens (tertiary/aromatic N) is 6. The number of carbonyl (C=O) groups is 1. The summed E-state index contributed by atoms with van der Waals surface area (Å²) in [6.07, 6.45) is 8.19. The molecule has 0 N–H and O–H groups in total. The third kappa shape index (κ3) is 2.28. The molecule has 22 heavy (non-hydrogen) atoms. The number of anilines is 1. The Morgan fingerprint density at radius 1 is 0.955 bits per heavy atom. The molecule has 4 rings (SSSR count). The summed E-state index contributed by atoms with van der Waals surface area (Å²) in [6, 6.07) is 1.82. The first-order chi connectivity index (χ1) is 10.8. The number of hydrogen-bond acceptors (Lipinski definition) is 6. The Hall–Kier alpha value is -2.57. The lowest BCUT2D eigenvalue weighted by molar-refractivity contribution is 0.0776. The minimum atomic E-state index is -0.0231. The van der Waals surface area contributed by atoms with E-state index in [1.165, 1.54) is 6.20 Å². The average molecular weight is 296 g/mol. The van der Waals surface area contributed by atoms with Crippen LogP contribution in [-0.4, -0.2) is 56.9 Å². The second kappa shape index (κ2) is 5.32. The van der Waals surface area contributed by atoms with E-state index >= 15 is 0 Å². The van der Waals surface area contributed by atoms with E-state index < -0.39 is 0 Å². The van der Waals surface area contributed by atoms with Crippen molar-refractivity contribution in [3.05, 3.63) is 42.7 Å². The second-order valence-electron chi connectivity index (χ2n) is 5.77. The van der Waals surface area contributed by atoms with Gasteiger partial charge in [0, 0.05) is 62.8 Å². The zero-order valence-electron chi connectivity index (χ0n) is 12.0. The molecule has 0 aromatic carbocycles. The van der Waals surface area contributed by atoms with Crippen LogP contribution < -0.4 is 4.90 Å². The van der Waals surface area contributed by atoms with E-state index in [0.717, 1.165) is 32.1 Å². The zero-order valence-corrected chi connectivity index (χ0v) is 12.0. The molecule has 4 heterocycles. The molecule has 2 aliphatic rings. The number of amides is 1. The van der Waals surface area contributed by atoms with Gasteiger partial charge in [-0.05, 0) is 6.07 Å². The van der Waals surface area contributed by atoms with E-state index in [9.17, 15) is 4.79 Å². The molecule has 1 amide bonds. The lowest BCUT2D eigenvalue weighted by Gasteiger charge is -2.21. The van der Waals surface area contributed by atoms with Crippen molar-refractivity contribution in [1.82, 2.24) is 24.8 Å². The summed E-state index contributed by atoms with van der Waals surface area (Å²) in [5, 5.41) is 0. The summed E-state index contributed by atoms with van der Waals surface area (Å²) in [5.74, 6) is 1.71. The molecule has 2 aliphatic heterocycles. The summed E-state index contributed by atoms with van der Waals surface area (Å²) in [7, 11) is 0. The summed E-state index contributed by atoms with van der Waals surface area (Å²) in [6.45, 7) is 3.34. The number of likely N-dealkylation sites (tertiary alicyclic amines) is 1. The van der Waals surface area contributed by atoms with Gasteiger partial charge in [-0.25, -0.2) is 15.0 Å². The van der Waals surface area contributed by atoms with Crippen LogP contribution in [0, 0.1) is 11.8 Å². The van der Waals surface area contributed by atoms with Gasteiger partial charge in [-0.15, -0.1) is 0 Å². The molecular formula is C15H16N6O. The second-order valence-corrected chi connectivity index (χ2v) is 5.77. The zero-order chi connectivity index (χ0) is 14.9. The number of rotatable bonds is 2. The maximum absolute atomic E-state index is 12.4. The van der Waals surface area contributed by atoms with Crippen molar-refractivity contribution in [3.8, 4) is 0 Å². The Balaban J connectivity index is 1.43. The molecule has 2 saturated heterocycles. The maximum atomic E-state index is 12.4. The number of carbonyl (C=O) groups excluding carboxylic acids is 1. The fourth-order valence-corrected chi connectivity index (χ4v) is 3.35. The SMILES string of the molecule is O=C(c1cnccn1)N1C[C@H]2CN(c3ncccn3)C[C@@H]2C1. The largest absolute Gasteiger partial charge is 0.340 e. The van der Waals surface area contributed by atoms with Crippen molar-refractivity contribution in [3.63, 3.8) is 0 Å². The van der Waals surface area contributed by atoms with Crippen LogP contribution in [0.15, 0.2) is 37.1 Å². The van der Waals surface area contributed by atoms with Gasteiger partial charge in [0.1, 0.15) is 5.69 Å². The number of aromatic nitrogens is 4. The van der Waals surface area contributed by atoms with Gasteiger partial charge in [-0.3, -0.25) is 9.78 Å². The fraction of sp³-hybridized carbons (Fsp3) is 0.400. The summed E-state index contributed by atoms with van der Waals surface area (Å²) in [4.78, 5) is 33.2. The van der Waals surface area contributed by atoms with Gasteiger partial charge in [-0.2, -0.15) is 0 Å². The van der Waals surface area contributed by atoms with E-state index in [1.807, 2.05) is 11.0 Å². The Morgan fingerprint density at radius 2 is 1.68 bits per heavy atom. The molecule has 2 aromatic heterocycles. The van der Waals surface area contributed by atoms with Gasteiger partial charge in [0.2, 0.25) is 5.95 Å². The molecule has 2 aromatic rings. The Kier molecular flexibility index (Phi) is 3.17. The minimum absolute atomic E-state index is 0.0231. The van der Waals surface area contributed by atoms with E-state index in [-0.39, 0.29) is 5.91 Å². The van der Waals surface area contributed by atoms with Crippen molar-refractivity contribution in [2.24, 2.45) is 11.8 Å². The van der Waals surface area contributed by atoms with Crippen LogP contribution >= 0.6 is 0 Å². The first-order valence-electron chi connectivity index (χ1n) is 7.38. The molecule has 0 unspecified atom stereocenters. The van der Waals surface area contributed by atoms with E-state index in [4.69, 9.17) is 0 Å². The van der Waals surface area contributed by atoms with Crippen LogP contribution in [0.1, 0.15) is 10.5 Å². The normalized spacial score (nSPS) is 23.6. The highest BCUT2D eigenvalue weighted by atomic mass is 16.2. The molecule has 2 fully saturated rings. The summed E-state index contributed by atoms with van der Waals surface area (Å²) < 4.78 is 0. The topological polar surface area (TPSA) is 75.1 Å². The van der Waals surface area contributed by atoms with Crippen molar-refractivity contribution < 1.29 is 4.79 Å². The Bertz CT molecular complexity index is 650. The van der Waals surface area contributed by atoms with Crippen LogP contribution in [-0.2, 0) is 0 Å². The van der Waals surface area contributed by atoms with Gasteiger partial charge < -0.3 is 9.80 Å². The third-order valence-electron chi connectivity index (χ3n) is 4.39. The highest BCUT2D eigenvalue weighted by molar-refractivity contribution is 5.92. The van der Waals surface area contributed by atoms with Crippen LogP contribution in [0.4, 0.5) is 5.95 Å². The van der Waals surface area contributed by atoms with Crippen LogP contribution in [0.5, 0.6) is 0 Å². The molecule has 7 nitrogen and oxygen atoms in total. The van der Waals surface area contributed by atoms with E-state index in [2.05, 4.69) is 24.8 Å². The predicted octanol–water partition coefficient (Wildman–Crippen LogP) is 0.475. The van der Waals surface area contributed by atoms with Crippen molar-refractivity contribution in [2.75, 3.05) is 31.1 Å². The van der Waals surface area contributed by atoms with Gasteiger partial charge in [0.15, 0.2) is 0 Å². The monoisotopic (exact) mass is 296 g/mol. The predicted molar refractivity (Wildman–Crippen MR) is 79.2 cm³/mol. The van der Waals surface area contributed by atoms with Gasteiger partial charge in [-0.1, -0.05) is 0 Å². The lowest BCUT2D eigenvalue weighted by Crippen LogP contribution is -2.34. The molecule has 0 spiro atoms. The molecular weight excluding hydrogens is 280 g/mol. The number of hydrogen-bond donors (Lipinski definition) is 0. The lowest BCUT2D eigenvalue weighted by atomic mass is 10.0. The van der Waals surface area contributed by atoms with E-state index in [1.54, 1.807) is 24.8 Å². The van der Waals surface area contributed by atoms with Gasteiger partial charge >= 0.3 is 0 Å². The minimum Gasteiger partial charge on any atom is -0.340 e. The van der Waals surface area contributed by atoms with Crippen molar-refractivity contribution in [2.45, 2.75) is 0 Å². The molecule has 0 aliphatic carbocycles. The molecule has 2 atom stereocenters. The summed E-state index contributed by atoms with van der Waals surface area (Å²) >= 11 is 0. The third-order valence-corrected chi connectivity index (χ3v) is 4.39. The summed E-state index contributed by atoms with van der Waals surface area (Å²) in [5.41, 5.74) is 0.422. The molecule has 112 valence electrons. The van der Waals surface area contributed by atoms with Gasteiger partial charge in [0.05, 0.1) is 6.20 Å². The van der Waals surface area contributed by atoms with Gasteiger partial charge in [0.25, 0.3) is 5.91 Å². The highest BCUT2D eigenvalue weighted by Crippen LogP contribution is 2.33. The fourth-order valence-electron chi connectivity index (χ4n) is 3.35. The standard InChI is InChI=1S/C15H16N6O/c22-14(13-6-16-4-5-17-13)20-7-11-9-21(10-12(11)8-20)15-18-2-1-3-19-15/h1-6,11-12H,7-10H2/t11-,12-/m0/s1.